The number of rotatable bonds is 4. The molecule has 24 heavy (non-hydrogen) atoms. The fourth-order valence-corrected chi connectivity index (χ4v) is 3.58. The summed E-state index contributed by atoms with van der Waals surface area (Å²) in [7, 11) is -3.62. The quantitative estimate of drug-likeness (QED) is 0.885. The van der Waals surface area contributed by atoms with Crippen LogP contribution in [0.25, 0.3) is 0 Å². The van der Waals surface area contributed by atoms with E-state index in [-0.39, 0.29) is 10.8 Å². The van der Waals surface area contributed by atoms with Crippen molar-refractivity contribution in [3.63, 3.8) is 0 Å². The highest BCUT2D eigenvalue weighted by Crippen LogP contribution is 2.21. The van der Waals surface area contributed by atoms with Crippen molar-refractivity contribution in [3.05, 3.63) is 54.1 Å². The summed E-state index contributed by atoms with van der Waals surface area (Å²) >= 11 is 0. The lowest BCUT2D eigenvalue weighted by Gasteiger charge is -2.27. The third-order valence-electron chi connectivity index (χ3n) is 3.85. The van der Waals surface area contributed by atoms with Gasteiger partial charge in [-0.1, -0.05) is 17.7 Å². The van der Waals surface area contributed by atoms with Gasteiger partial charge in [0.25, 0.3) is 10.0 Å². The Morgan fingerprint density at radius 1 is 1.04 bits per heavy atom. The van der Waals surface area contributed by atoms with Crippen molar-refractivity contribution in [1.29, 1.82) is 0 Å². The molecule has 3 rings (SSSR count). The van der Waals surface area contributed by atoms with Gasteiger partial charge in [-0.25, -0.2) is 8.42 Å². The largest absolute Gasteiger partial charge is 0.310 e. The van der Waals surface area contributed by atoms with E-state index in [4.69, 9.17) is 0 Å². The Bertz CT molecular complexity index is 830. The van der Waals surface area contributed by atoms with E-state index in [1.165, 1.54) is 0 Å². The van der Waals surface area contributed by atoms with E-state index in [1.54, 1.807) is 53.4 Å². The van der Waals surface area contributed by atoms with E-state index in [1.807, 2.05) is 6.92 Å². The van der Waals surface area contributed by atoms with Gasteiger partial charge in [0, 0.05) is 24.5 Å². The van der Waals surface area contributed by atoms with Crippen molar-refractivity contribution in [3.8, 4) is 0 Å². The smallest absolute Gasteiger partial charge is 0.261 e. The zero-order chi connectivity index (χ0) is 17.2. The molecule has 126 valence electrons. The van der Waals surface area contributed by atoms with Gasteiger partial charge in [0.1, 0.15) is 0 Å². The molecule has 0 aliphatic carbocycles. The molecule has 1 amide bonds. The van der Waals surface area contributed by atoms with Crippen LogP contribution in [0, 0.1) is 6.92 Å². The van der Waals surface area contributed by atoms with Crippen LogP contribution in [0.1, 0.15) is 5.56 Å². The van der Waals surface area contributed by atoms with Gasteiger partial charge in [0.15, 0.2) is 0 Å². The van der Waals surface area contributed by atoms with Crippen LogP contribution in [0.5, 0.6) is 0 Å². The molecule has 0 saturated carbocycles. The molecule has 1 saturated heterocycles. The Balaban J connectivity index is 1.76. The van der Waals surface area contributed by atoms with E-state index >= 15 is 0 Å². The van der Waals surface area contributed by atoms with Crippen LogP contribution in [0.15, 0.2) is 53.4 Å². The predicted molar refractivity (Wildman–Crippen MR) is 93.7 cm³/mol. The molecular formula is C17H19N3O3S. The topological polar surface area (TPSA) is 78.5 Å². The van der Waals surface area contributed by atoms with Gasteiger partial charge in [-0.15, -0.1) is 0 Å². The number of hydrogen-bond acceptors (Lipinski definition) is 4. The molecule has 0 bridgehead atoms. The lowest BCUT2D eigenvalue weighted by molar-refractivity contribution is -0.118. The Hall–Kier alpha value is -2.38. The molecule has 2 N–H and O–H groups in total. The molecular weight excluding hydrogens is 326 g/mol. The van der Waals surface area contributed by atoms with E-state index < -0.39 is 10.0 Å². The molecule has 7 heteroatoms. The molecule has 0 aromatic heterocycles. The third-order valence-corrected chi connectivity index (χ3v) is 5.25. The fourth-order valence-electron chi connectivity index (χ4n) is 2.52. The van der Waals surface area contributed by atoms with Crippen LogP contribution in [0.2, 0.25) is 0 Å². The molecule has 1 fully saturated rings. The maximum atomic E-state index is 12.4. The first-order valence-corrected chi connectivity index (χ1v) is 9.15. The summed E-state index contributed by atoms with van der Waals surface area (Å²) in [6, 6.07) is 13.5. The number of aryl methyl sites for hydroxylation is 1. The van der Waals surface area contributed by atoms with E-state index in [2.05, 4.69) is 10.0 Å². The highest BCUT2D eigenvalue weighted by Gasteiger charge is 2.19. The maximum Gasteiger partial charge on any atom is 0.261 e. The summed E-state index contributed by atoms with van der Waals surface area (Å²) in [5.41, 5.74) is 2.22. The number of hydrogen-bond donors (Lipinski definition) is 2. The number of anilines is 2. The van der Waals surface area contributed by atoms with Crippen molar-refractivity contribution in [2.45, 2.75) is 11.8 Å². The number of amides is 1. The van der Waals surface area contributed by atoms with Gasteiger partial charge < -0.3 is 10.2 Å². The lowest BCUT2D eigenvalue weighted by Crippen LogP contribution is -2.48. The summed E-state index contributed by atoms with van der Waals surface area (Å²) in [6.45, 7) is 3.57. The highest BCUT2D eigenvalue weighted by atomic mass is 32.2. The van der Waals surface area contributed by atoms with Crippen LogP contribution in [-0.4, -0.2) is 34.0 Å². The zero-order valence-electron chi connectivity index (χ0n) is 13.3. The second-order valence-electron chi connectivity index (χ2n) is 5.69. The molecule has 1 aliphatic heterocycles. The second-order valence-corrected chi connectivity index (χ2v) is 7.37. The Labute approximate surface area is 141 Å². The normalized spacial score (nSPS) is 15.4. The minimum Gasteiger partial charge on any atom is -0.310 e. The summed E-state index contributed by atoms with van der Waals surface area (Å²) < 4.78 is 27.3. The van der Waals surface area contributed by atoms with E-state index in [0.29, 0.717) is 18.8 Å². The van der Waals surface area contributed by atoms with E-state index in [0.717, 1.165) is 17.8 Å². The lowest BCUT2D eigenvalue weighted by atomic mass is 10.2. The van der Waals surface area contributed by atoms with Gasteiger partial charge in [0.05, 0.1) is 11.4 Å². The van der Waals surface area contributed by atoms with Crippen molar-refractivity contribution in [1.82, 2.24) is 5.32 Å². The number of nitrogens with zero attached hydrogens (tertiary/aromatic N) is 1. The minimum absolute atomic E-state index is 0.00855. The number of carbonyl (C=O) groups excluding carboxylic acids is 1. The number of sulfonamides is 1. The summed E-state index contributed by atoms with van der Waals surface area (Å²) in [5, 5.41) is 3.02. The molecule has 0 radical (unpaired) electrons. The molecule has 2 aromatic rings. The molecule has 6 nitrogen and oxygen atoms in total. The van der Waals surface area contributed by atoms with Gasteiger partial charge in [0.2, 0.25) is 5.91 Å². The van der Waals surface area contributed by atoms with Crippen LogP contribution < -0.4 is 14.9 Å². The Kier molecular flexibility index (Phi) is 4.55. The zero-order valence-corrected chi connectivity index (χ0v) is 14.1. The van der Waals surface area contributed by atoms with Crippen LogP contribution in [0.3, 0.4) is 0 Å². The first-order chi connectivity index (χ1) is 11.5. The molecule has 0 spiro atoms. The minimum atomic E-state index is -3.62. The first kappa shape index (κ1) is 16.5. The van der Waals surface area contributed by atoms with Crippen molar-refractivity contribution in [2.75, 3.05) is 29.3 Å². The molecule has 1 heterocycles. The SMILES string of the molecule is Cc1ccc(S(=O)(=O)Nc2ccc(N3CCNCC3=O)cc2)cc1. The molecule has 0 atom stereocenters. The molecule has 2 aromatic carbocycles. The molecule has 0 unspecified atom stereocenters. The Morgan fingerprint density at radius 2 is 1.71 bits per heavy atom. The van der Waals surface area contributed by atoms with Crippen LogP contribution >= 0.6 is 0 Å². The highest BCUT2D eigenvalue weighted by molar-refractivity contribution is 7.92. The first-order valence-electron chi connectivity index (χ1n) is 7.66. The number of piperazine rings is 1. The maximum absolute atomic E-state index is 12.4. The van der Waals surface area contributed by atoms with Gasteiger partial charge >= 0.3 is 0 Å². The van der Waals surface area contributed by atoms with E-state index in [9.17, 15) is 13.2 Å². The summed E-state index contributed by atoms with van der Waals surface area (Å²) in [5.74, 6) is 0.00855. The average Bonchev–Trinajstić information content (AvgIpc) is 2.56. The summed E-state index contributed by atoms with van der Waals surface area (Å²) in [4.78, 5) is 13.8. The number of benzene rings is 2. The predicted octanol–water partition coefficient (Wildman–Crippen LogP) is 1.73. The average molecular weight is 345 g/mol. The van der Waals surface area contributed by atoms with Gasteiger partial charge in [-0.3, -0.25) is 9.52 Å². The monoisotopic (exact) mass is 345 g/mol. The van der Waals surface area contributed by atoms with Crippen molar-refractivity contribution >= 4 is 27.3 Å². The third kappa shape index (κ3) is 3.58. The fraction of sp³-hybridized carbons (Fsp3) is 0.235. The number of nitrogens with one attached hydrogen (secondary N) is 2. The Morgan fingerprint density at radius 3 is 2.33 bits per heavy atom. The molecule has 1 aliphatic rings. The van der Waals surface area contributed by atoms with Gasteiger partial charge in [-0.05, 0) is 43.3 Å². The van der Waals surface area contributed by atoms with Crippen molar-refractivity contribution < 1.29 is 13.2 Å². The van der Waals surface area contributed by atoms with Crippen LogP contribution in [-0.2, 0) is 14.8 Å². The van der Waals surface area contributed by atoms with Crippen molar-refractivity contribution in [2.24, 2.45) is 0 Å². The summed E-state index contributed by atoms with van der Waals surface area (Å²) in [6.07, 6.45) is 0. The standard InChI is InChI=1S/C17H19N3O3S/c1-13-2-8-16(9-3-13)24(22,23)19-14-4-6-15(7-5-14)20-11-10-18-12-17(20)21/h2-9,18-19H,10-12H2,1H3. The van der Waals surface area contributed by atoms with Crippen LogP contribution in [0.4, 0.5) is 11.4 Å². The number of carbonyl (C=O) groups is 1. The van der Waals surface area contributed by atoms with Gasteiger partial charge in [-0.2, -0.15) is 0 Å². The second kappa shape index (κ2) is 6.62.